The van der Waals surface area contributed by atoms with Crippen molar-refractivity contribution in [1.29, 1.82) is 0 Å². The fraction of sp³-hybridized carbons (Fsp3) is 0.444. The van der Waals surface area contributed by atoms with Crippen LogP contribution in [-0.4, -0.2) is 22.8 Å². The third-order valence-electron chi connectivity index (χ3n) is 6.74. The quantitative estimate of drug-likeness (QED) is 0.540. The Balaban J connectivity index is 1.76. The number of benzene rings is 2. The molecule has 0 bridgehead atoms. The number of aromatic carboxylic acids is 1. The maximum Gasteiger partial charge on any atom is 0.335 e. The van der Waals surface area contributed by atoms with Crippen LogP contribution in [0.3, 0.4) is 0 Å². The van der Waals surface area contributed by atoms with Gasteiger partial charge in [-0.05, 0) is 71.1 Å². The first kappa shape index (κ1) is 21.6. The minimum absolute atomic E-state index is 0.0162. The summed E-state index contributed by atoms with van der Waals surface area (Å²) in [6, 6.07) is 13.2. The van der Waals surface area contributed by atoms with Crippen molar-refractivity contribution in [2.24, 2.45) is 5.92 Å². The molecule has 1 saturated heterocycles. The fourth-order valence-corrected chi connectivity index (χ4v) is 5.00. The lowest BCUT2D eigenvalue weighted by atomic mass is 9.72. The molecule has 1 N–H and O–H groups in total. The number of carbonyl (C=O) groups is 1. The summed E-state index contributed by atoms with van der Waals surface area (Å²) in [6.45, 7) is 8.65. The van der Waals surface area contributed by atoms with E-state index in [9.17, 15) is 9.90 Å². The maximum absolute atomic E-state index is 11.3. The molecular formula is C27H32O4. The number of ether oxygens (including phenoxy) is 2. The maximum atomic E-state index is 11.3. The van der Waals surface area contributed by atoms with Crippen molar-refractivity contribution in [3.05, 3.63) is 65.2 Å². The van der Waals surface area contributed by atoms with Gasteiger partial charge in [0.25, 0.3) is 0 Å². The lowest BCUT2D eigenvalue weighted by Gasteiger charge is -2.50. The van der Waals surface area contributed by atoms with E-state index in [0.717, 1.165) is 48.1 Å². The number of carboxylic acid groups (broad SMARTS) is 1. The first-order chi connectivity index (χ1) is 14.8. The Hall–Kier alpha value is -2.59. The van der Waals surface area contributed by atoms with E-state index in [1.165, 1.54) is 5.57 Å². The van der Waals surface area contributed by atoms with Gasteiger partial charge in [-0.15, -0.1) is 0 Å². The van der Waals surface area contributed by atoms with Gasteiger partial charge in [0.1, 0.15) is 11.4 Å². The van der Waals surface area contributed by atoms with Crippen LogP contribution >= 0.6 is 0 Å². The number of para-hydroxylation sites is 1. The van der Waals surface area contributed by atoms with Gasteiger partial charge >= 0.3 is 5.97 Å². The van der Waals surface area contributed by atoms with Gasteiger partial charge in [0.15, 0.2) is 0 Å². The van der Waals surface area contributed by atoms with Crippen molar-refractivity contribution in [2.75, 3.05) is 0 Å². The van der Waals surface area contributed by atoms with Crippen LogP contribution in [0, 0.1) is 5.92 Å². The van der Waals surface area contributed by atoms with Gasteiger partial charge in [0, 0.05) is 17.0 Å². The predicted octanol–water partition coefficient (Wildman–Crippen LogP) is 6.81. The summed E-state index contributed by atoms with van der Waals surface area (Å²) < 4.78 is 13.4. The number of fused-ring (bicyclic) bond motifs is 3. The molecule has 164 valence electrons. The summed E-state index contributed by atoms with van der Waals surface area (Å²) in [5.41, 5.74) is 4.34. The van der Waals surface area contributed by atoms with Crippen molar-refractivity contribution < 1.29 is 19.4 Å². The van der Waals surface area contributed by atoms with E-state index in [2.05, 4.69) is 45.9 Å². The van der Waals surface area contributed by atoms with Crippen LogP contribution in [0.1, 0.15) is 75.4 Å². The molecule has 1 fully saturated rings. The van der Waals surface area contributed by atoms with E-state index in [1.807, 2.05) is 18.2 Å². The summed E-state index contributed by atoms with van der Waals surface area (Å²) in [5.74, 6) is 0.268. The first-order valence-corrected chi connectivity index (χ1v) is 11.2. The largest absolute Gasteiger partial charge is 0.486 e. The van der Waals surface area contributed by atoms with Gasteiger partial charge in [-0.25, -0.2) is 4.79 Å². The zero-order chi connectivity index (χ0) is 22.2. The van der Waals surface area contributed by atoms with Crippen molar-refractivity contribution in [1.82, 2.24) is 0 Å². The lowest BCUT2D eigenvalue weighted by Crippen LogP contribution is -2.50. The summed E-state index contributed by atoms with van der Waals surface area (Å²) in [4.78, 5) is 11.3. The highest BCUT2D eigenvalue weighted by Crippen LogP contribution is 2.54. The van der Waals surface area contributed by atoms with Crippen molar-refractivity contribution in [3.63, 3.8) is 0 Å². The standard InChI is InChI=1S/C27H32O4/c1-17(2)7-6-16-27(4)23-15-10-18(3)30-25(23)22-9-5-8-21(24(22)31-27)19-11-13-20(14-12-19)26(28)29/h5,7-9,11-14,18,23,25H,6,10,15-16H2,1-4H3,(H,28,29)/t18-,23-,25+,27+/m1/s1. The molecule has 0 saturated carbocycles. The molecular weight excluding hydrogens is 388 g/mol. The van der Waals surface area contributed by atoms with Crippen molar-refractivity contribution >= 4 is 5.97 Å². The van der Waals surface area contributed by atoms with E-state index in [1.54, 1.807) is 12.1 Å². The summed E-state index contributed by atoms with van der Waals surface area (Å²) in [5, 5.41) is 9.24. The molecule has 0 aromatic heterocycles. The number of allylic oxidation sites excluding steroid dienone is 2. The molecule has 31 heavy (non-hydrogen) atoms. The minimum Gasteiger partial charge on any atom is -0.486 e. The summed E-state index contributed by atoms with van der Waals surface area (Å²) in [6.07, 6.45) is 6.57. The molecule has 4 rings (SSSR count). The third kappa shape index (κ3) is 4.27. The summed E-state index contributed by atoms with van der Waals surface area (Å²) >= 11 is 0. The van der Waals surface area contributed by atoms with Crippen LogP contribution in [0.15, 0.2) is 54.1 Å². The minimum atomic E-state index is -0.919. The van der Waals surface area contributed by atoms with Crippen LogP contribution in [0.2, 0.25) is 0 Å². The van der Waals surface area contributed by atoms with Gasteiger partial charge in [0.2, 0.25) is 0 Å². The second-order valence-electron chi connectivity index (χ2n) is 9.39. The van der Waals surface area contributed by atoms with E-state index in [4.69, 9.17) is 9.47 Å². The Bertz CT molecular complexity index is 987. The molecule has 4 atom stereocenters. The van der Waals surface area contributed by atoms with E-state index in [-0.39, 0.29) is 23.4 Å². The normalized spacial score (nSPS) is 26.9. The third-order valence-corrected chi connectivity index (χ3v) is 6.74. The Morgan fingerprint density at radius 2 is 1.90 bits per heavy atom. The summed E-state index contributed by atoms with van der Waals surface area (Å²) in [7, 11) is 0. The van der Waals surface area contributed by atoms with Crippen LogP contribution in [-0.2, 0) is 4.74 Å². The van der Waals surface area contributed by atoms with Gasteiger partial charge in [-0.3, -0.25) is 0 Å². The van der Waals surface area contributed by atoms with Gasteiger partial charge in [-0.2, -0.15) is 0 Å². The predicted molar refractivity (Wildman–Crippen MR) is 123 cm³/mol. The molecule has 0 unspecified atom stereocenters. The molecule has 0 spiro atoms. The highest BCUT2D eigenvalue weighted by molar-refractivity contribution is 5.88. The Morgan fingerprint density at radius 3 is 2.58 bits per heavy atom. The Labute approximate surface area is 184 Å². The number of carboxylic acids is 1. The average Bonchev–Trinajstić information content (AvgIpc) is 2.73. The SMILES string of the molecule is CC(C)=CCC[C@]1(C)Oc2c(-c3ccc(C(=O)O)cc3)cccc2[C@@H]2O[C@H](C)CC[C@H]21. The van der Waals surface area contributed by atoms with Crippen molar-refractivity contribution in [2.45, 2.75) is 71.2 Å². The molecule has 2 aliphatic rings. The van der Waals surface area contributed by atoms with Gasteiger partial charge in [-0.1, -0.05) is 42.0 Å². The molecule has 2 aromatic carbocycles. The number of hydrogen-bond acceptors (Lipinski definition) is 3. The van der Waals surface area contributed by atoms with Crippen LogP contribution in [0.4, 0.5) is 0 Å². The second kappa shape index (κ2) is 8.51. The molecule has 4 heteroatoms. The molecule has 2 heterocycles. The monoisotopic (exact) mass is 420 g/mol. The molecule has 2 aromatic rings. The fourth-order valence-electron chi connectivity index (χ4n) is 5.00. The van der Waals surface area contributed by atoms with Crippen molar-refractivity contribution in [3.8, 4) is 16.9 Å². The number of hydrogen-bond donors (Lipinski definition) is 1. The van der Waals surface area contributed by atoms with Gasteiger partial charge in [0.05, 0.1) is 17.8 Å². The highest BCUT2D eigenvalue weighted by Gasteiger charge is 2.49. The van der Waals surface area contributed by atoms with Crippen LogP contribution in [0.5, 0.6) is 5.75 Å². The topological polar surface area (TPSA) is 55.8 Å². The molecule has 4 nitrogen and oxygen atoms in total. The zero-order valence-electron chi connectivity index (χ0n) is 18.9. The second-order valence-corrected chi connectivity index (χ2v) is 9.39. The van der Waals surface area contributed by atoms with E-state index >= 15 is 0 Å². The Morgan fingerprint density at radius 1 is 1.16 bits per heavy atom. The van der Waals surface area contributed by atoms with Crippen LogP contribution < -0.4 is 4.74 Å². The average molecular weight is 421 g/mol. The zero-order valence-corrected chi connectivity index (χ0v) is 18.9. The van der Waals surface area contributed by atoms with Crippen LogP contribution in [0.25, 0.3) is 11.1 Å². The van der Waals surface area contributed by atoms with E-state index < -0.39 is 5.97 Å². The molecule has 2 aliphatic heterocycles. The van der Waals surface area contributed by atoms with Gasteiger partial charge < -0.3 is 14.6 Å². The Kier molecular flexibility index (Phi) is 5.94. The smallest absolute Gasteiger partial charge is 0.335 e. The first-order valence-electron chi connectivity index (χ1n) is 11.2. The van der Waals surface area contributed by atoms with E-state index in [0.29, 0.717) is 5.92 Å². The molecule has 0 radical (unpaired) electrons. The lowest BCUT2D eigenvalue weighted by molar-refractivity contribution is -0.151. The number of rotatable bonds is 5. The highest BCUT2D eigenvalue weighted by atomic mass is 16.5. The molecule has 0 aliphatic carbocycles. The molecule has 0 amide bonds.